The molecule has 4 rings (SSSR count). The number of anilines is 1. The summed E-state index contributed by atoms with van der Waals surface area (Å²) in [5, 5.41) is 8.81. The van der Waals surface area contributed by atoms with Crippen molar-refractivity contribution in [1.82, 2.24) is 14.8 Å². The van der Waals surface area contributed by atoms with Gasteiger partial charge in [0.05, 0.1) is 11.7 Å². The van der Waals surface area contributed by atoms with Gasteiger partial charge in [-0.05, 0) is 36.8 Å². The molecule has 1 aliphatic rings. The van der Waals surface area contributed by atoms with Crippen LogP contribution in [0.4, 0.5) is 5.82 Å². The standard InChI is InChI=1S/C18H17N5S/c1-2-23-17(7-9-21-23)22-18-20-12-15(24-18)11-13-5-6-16-14(10-13)4-3-8-19-16/h3-12,18,22H,2H2,1H3. The zero-order valence-corrected chi connectivity index (χ0v) is 14.1. The van der Waals surface area contributed by atoms with Crippen LogP contribution in [-0.2, 0) is 6.54 Å². The normalized spacial score (nSPS) is 18.5. The molecule has 1 aliphatic heterocycles. The Labute approximate surface area is 144 Å². The number of allylic oxidation sites excluding steroid dienone is 1. The van der Waals surface area contributed by atoms with Gasteiger partial charge < -0.3 is 5.32 Å². The lowest BCUT2D eigenvalue weighted by Gasteiger charge is -2.11. The van der Waals surface area contributed by atoms with Gasteiger partial charge in [-0.3, -0.25) is 14.7 Å². The molecule has 1 N–H and O–H groups in total. The molecule has 0 saturated carbocycles. The highest BCUT2D eigenvalue weighted by Gasteiger charge is 2.16. The first kappa shape index (κ1) is 15.0. The van der Waals surface area contributed by atoms with E-state index in [9.17, 15) is 0 Å². The number of benzene rings is 1. The highest BCUT2D eigenvalue weighted by Crippen LogP contribution is 2.30. The number of hydrogen-bond acceptors (Lipinski definition) is 5. The van der Waals surface area contributed by atoms with E-state index in [0.717, 1.165) is 33.7 Å². The molecule has 0 bridgehead atoms. The van der Waals surface area contributed by atoms with E-state index in [0.29, 0.717) is 0 Å². The fraction of sp³-hybridized carbons (Fsp3) is 0.167. The molecule has 0 radical (unpaired) electrons. The number of aryl methyl sites for hydroxylation is 1. The molecule has 2 aromatic heterocycles. The summed E-state index contributed by atoms with van der Waals surface area (Å²) >= 11 is 1.70. The van der Waals surface area contributed by atoms with Crippen LogP contribution in [0.1, 0.15) is 12.5 Å². The zero-order chi connectivity index (χ0) is 16.4. The summed E-state index contributed by atoms with van der Waals surface area (Å²) in [7, 11) is 0. The monoisotopic (exact) mass is 335 g/mol. The maximum Gasteiger partial charge on any atom is 0.172 e. The van der Waals surface area contributed by atoms with Gasteiger partial charge >= 0.3 is 0 Å². The lowest BCUT2D eigenvalue weighted by Crippen LogP contribution is -2.13. The van der Waals surface area contributed by atoms with Gasteiger partial charge in [0.2, 0.25) is 0 Å². The number of rotatable bonds is 4. The van der Waals surface area contributed by atoms with Crippen LogP contribution in [0, 0.1) is 0 Å². The highest BCUT2D eigenvalue weighted by atomic mass is 32.2. The van der Waals surface area contributed by atoms with E-state index in [1.165, 1.54) is 0 Å². The van der Waals surface area contributed by atoms with E-state index >= 15 is 0 Å². The average molecular weight is 335 g/mol. The maximum atomic E-state index is 4.53. The molecule has 24 heavy (non-hydrogen) atoms. The molecule has 0 fully saturated rings. The molecule has 120 valence electrons. The van der Waals surface area contributed by atoms with Crippen molar-refractivity contribution in [3.05, 3.63) is 59.3 Å². The van der Waals surface area contributed by atoms with Crippen LogP contribution in [0.15, 0.2) is 58.7 Å². The van der Waals surface area contributed by atoms with Crippen LogP contribution in [0.2, 0.25) is 0 Å². The number of thioether (sulfide) groups is 1. The molecule has 0 saturated heterocycles. The third kappa shape index (κ3) is 3.05. The largest absolute Gasteiger partial charge is 0.340 e. The summed E-state index contributed by atoms with van der Waals surface area (Å²) in [5.74, 6) is 0.991. The van der Waals surface area contributed by atoms with Gasteiger partial charge in [-0.2, -0.15) is 5.10 Å². The van der Waals surface area contributed by atoms with Crippen molar-refractivity contribution in [3.8, 4) is 0 Å². The minimum absolute atomic E-state index is 0.0135. The van der Waals surface area contributed by atoms with Crippen LogP contribution in [0.3, 0.4) is 0 Å². The number of pyridine rings is 1. The van der Waals surface area contributed by atoms with Gasteiger partial charge in [0, 0.05) is 35.3 Å². The number of nitrogens with zero attached hydrogens (tertiary/aromatic N) is 4. The quantitative estimate of drug-likeness (QED) is 0.783. The lowest BCUT2D eigenvalue weighted by atomic mass is 10.1. The van der Waals surface area contributed by atoms with E-state index < -0.39 is 0 Å². The summed E-state index contributed by atoms with van der Waals surface area (Å²) in [6.07, 6.45) is 7.69. The maximum absolute atomic E-state index is 4.53. The Morgan fingerprint density at radius 1 is 1.25 bits per heavy atom. The molecular weight excluding hydrogens is 318 g/mol. The Morgan fingerprint density at radius 2 is 2.21 bits per heavy atom. The van der Waals surface area contributed by atoms with Crippen LogP contribution in [0.5, 0.6) is 0 Å². The zero-order valence-electron chi connectivity index (χ0n) is 13.3. The predicted molar refractivity (Wildman–Crippen MR) is 101 cm³/mol. The third-order valence-corrected chi connectivity index (χ3v) is 4.77. The summed E-state index contributed by atoms with van der Waals surface area (Å²) in [4.78, 5) is 10.0. The summed E-state index contributed by atoms with van der Waals surface area (Å²) in [6, 6.07) is 12.3. The first-order valence-corrected chi connectivity index (χ1v) is 8.74. The van der Waals surface area contributed by atoms with Gasteiger partial charge in [-0.15, -0.1) is 0 Å². The van der Waals surface area contributed by atoms with Crippen molar-refractivity contribution in [2.75, 3.05) is 5.32 Å². The number of aliphatic imine (C=N–C) groups is 1. The van der Waals surface area contributed by atoms with Gasteiger partial charge in [0.15, 0.2) is 5.50 Å². The lowest BCUT2D eigenvalue weighted by molar-refractivity contribution is 0.663. The summed E-state index contributed by atoms with van der Waals surface area (Å²) in [5.41, 5.74) is 2.16. The second kappa shape index (κ2) is 6.49. The van der Waals surface area contributed by atoms with Crippen molar-refractivity contribution < 1.29 is 0 Å². The number of fused-ring (bicyclic) bond motifs is 1. The minimum Gasteiger partial charge on any atom is -0.340 e. The number of nitrogens with one attached hydrogen (secondary N) is 1. The Hall–Kier alpha value is -2.60. The fourth-order valence-electron chi connectivity index (χ4n) is 2.65. The molecule has 3 heterocycles. The van der Waals surface area contributed by atoms with Crippen LogP contribution in [0.25, 0.3) is 17.0 Å². The van der Waals surface area contributed by atoms with E-state index in [4.69, 9.17) is 0 Å². The SMILES string of the molecule is CCn1nccc1NC1N=CC(=Cc2ccc3ncccc3c2)S1. The molecule has 0 spiro atoms. The van der Waals surface area contributed by atoms with Crippen LogP contribution in [-0.4, -0.2) is 26.5 Å². The second-order valence-electron chi connectivity index (χ2n) is 5.43. The Balaban J connectivity index is 1.49. The summed E-state index contributed by atoms with van der Waals surface area (Å²) < 4.78 is 1.92. The molecule has 5 nitrogen and oxygen atoms in total. The van der Waals surface area contributed by atoms with Crippen molar-refractivity contribution >= 4 is 40.8 Å². The Kier molecular flexibility index (Phi) is 4.04. The molecule has 1 aromatic carbocycles. The van der Waals surface area contributed by atoms with E-state index in [2.05, 4.69) is 51.6 Å². The van der Waals surface area contributed by atoms with Gasteiger partial charge in [-0.25, -0.2) is 0 Å². The Morgan fingerprint density at radius 3 is 3.12 bits per heavy atom. The van der Waals surface area contributed by atoms with Crippen molar-refractivity contribution in [1.29, 1.82) is 0 Å². The van der Waals surface area contributed by atoms with Crippen molar-refractivity contribution in [2.24, 2.45) is 4.99 Å². The molecule has 1 atom stereocenters. The molecule has 6 heteroatoms. The van der Waals surface area contributed by atoms with E-state index in [-0.39, 0.29) is 5.50 Å². The van der Waals surface area contributed by atoms with Crippen LogP contribution < -0.4 is 5.32 Å². The molecule has 0 amide bonds. The highest BCUT2D eigenvalue weighted by molar-refractivity contribution is 8.05. The first-order chi connectivity index (χ1) is 11.8. The smallest absolute Gasteiger partial charge is 0.172 e. The van der Waals surface area contributed by atoms with Gasteiger partial charge in [0.25, 0.3) is 0 Å². The molecule has 3 aromatic rings. The number of aromatic nitrogens is 3. The van der Waals surface area contributed by atoms with E-state index in [1.54, 1.807) is 18.0 Å². The minimum atomic E-state index is -0.0135. The molecular formula is C18H17N5S. The fourth-order valence-corrected chi connectivity index (χ4v) is 3.54. The first-order valence-electron chi connectivity index (χ1n) is 7.86. The predicted octanol–water partition coefficient (Wildman–Crippen LogP) is 4.01. The van der Waals surface area contributed by atoms with Gasteiger partial charge in [-0.1, -0.05) is 23.9 Å². The van der Waals surface area contributed by atoms with E-state index in [1.807, 2.05) is 35.3 Å². The number of hydrogen-bond donors (Lipinski definition) is 1. The molecule has 0 aliphatic carbocycles. The topological polar surface area (TPSA) is 55.1 Å². The third-order valence-electron chi connectivity index (χ3n) is 3.81. The van der Waals surface area contributed by atoms with Crippen molar-refractivity contribution in [3.63, 3.8) is 0 Å². The van der Waals surface area contributed by atoms with Gasteiger partial charge in [0.1, 0.15) is 5.82 Å². The van der Waals surface area contributed by atoms with Crippen molar-refractivity contribution in [2.45, 2.75) is 19.0 Å². The Bertz CT molecular complexity index is 928. The van der Waals surface area contributed by atoms with Crippen LogP contribution >= 0.6 is 11.8 Å². The second-order valence-corrected chi connectivity index (χ2v) is 6.58. The molecule has 1 unspecified atom stereocenters. The summed E-state index contributed by atoms with van der Waals surface area (Å²) in [6.45, 7) is 2.91. The average Bonchev–Trinajstić information content (AvgIpc) is 3.24.